The summed E-state index contributed by atoms with van der Waals surface area (Å²) in [5.74, 6) is 0.0351. The largest absolute Gasteiger partial charge is 0.348 e. The molecule has 4 nitrogen and oxygen atoms in total. The maximum Gasteiger partial charge on any atom is 0.234 e. The van der Waals surface area contributed by atoms with Gasteiger partial charge in [0, 0.05) is 24.2 Å². The summed E-state index contributed by atoms with van der Waals surface area (Å²) >= 11 is 6.13. The molecule has 2 rings (SSSR count). The van der Waals surface area contributed by atoms with Gasteiger partial charge in [-0.15, -0.1) is 0 Å². The number of benzene rings is 1. The van der Waals surface area contributed by atoms with E-state index in [0.717, 1.165) is 31.5 Å². The van der Waals surface area contributed by atoms with Gasteiger partial charge in [0.15, 0.2) is 0 Å². The van der Waals surface area contributed by atoms with Gasteiger partial charge in [-0.3, -0.25) is 9.69 Å². The highest BCUT2D eigenvalue weighted by molar-refractivity contribution is 6.31. The minimum atomic E-state index is -0.0803. The molecule has 0 aliphatic carbocycles. The standard InChI is InChI=1S/C15H22ClN3O/c1-11(13-4-2-3-5-14(13)16)18-15(20)10-19-8-6-12(17)7-9-19/h2-5,11-12H,6-10,17H2,1H3,(H,18,20)/t11-/m1/s1. The van der Waals surface area contributed by atoms with E-state index in [-0.39, 0.29) is 18.0 Å². The molecular weight excluding hydrogens is 274 g/mol. The van der Waals surface area contributed by atoms with Crippen LogP contribution in [-0.2, 0) is 4.79 Å². The summed E-state index contributed by atoms with van der Waals surface area (Å²) in [6.07, 6.45) is 1.93. The van der Waals surface area contributed by atoms with E-state index in [1.54, 1.807) is 0 Å². The number of nitrogens with zero attached hydrogens (tertiary/aromatic N) is 1. The minimum absolute atomic E-state index is 0.0351. The Hall–Kier alpha value is -1.10. The van der Waals surface area contributed by atoms with Crippen molar-refractivity contribution in [2.24, 2.45) is 5.73 Å². The van der Waals surface area contributed by atoms with Gasteiger partial charge in [-0.25, -0.2) is 0 Å². The predicted octanol–water partition coefficient (Wildman–Crippen LogP) is 1.94. The summed E-state index contributed by atoms with van der Waals surface area (Å²) in [6, 6.07) is 7.80. The number of amides is 1. The van der Waals surface area contributed by atoms with Gasteiger partial charge in [-0.05, 0) is 31.4 Å². The molecule has 0 bridgehead atoms. The Bertz CT molecular complexity index is 458. The van der Waals surface area contributed by atoms with Crippen LogP contribution in [0.2, 0.25) is 5.02 Å². The van der Waals surface area contributed by atoms with Crippen LogP contribution in [0.5, 0.6) is 0 Å². The monoisotopic (exact) mass is 295 g/mol. The van der Waals surface area contributed by atoms with Gasteiger partial charge in [-0.2, -0.15) is 0 Å². The first-order chi connectivity index (χ1) is 9.56. The number of hydrogen-bond acceptors (Lipinski definition) is 3. The summed E-state index contributed by atoms with van der Waals surface area (Å²) in [7, 11) is 0. The third-order valence-corrected chi connectivity index (χ3v) is 4.09. The van der Waals surface area contributed by atoms with Crippen LogP contribution in [-0.4, -0.2) is 36.5 Å². The average Bonchev–Trinajstić information content (AvgIpc) is 2.41. The fraction of sp³-hybridized carbons (Fsp3) is 0.533. The number of carbonyl (C=O) groups excluding carboxylic acids is 1. The van der Waals surface area contributed by atoms with Crippen molar-refractivity contribution in [2.75, 3.05) is 19.6 Å². The van der Waals surface area contributed by atoms with Crippen molar-refractivity contribution in [1.82, 2.24) is 10.2 Å². The molecule has 1 atom stereocenters. The Morgan fingerprint density at radius 2 is 2.10 bits per heavy atom. The second-order valence-corrected chi connectivity index (χ2v) is 5.83. The van der Waals surface area contributed by atoms with Gasteiger partial charge in [0.05, 0.1) is 12.6 Å². The lowest BCUT2D eigenvalue weighted by Crippen LogP contribution is -2.44. The van der Waals surface area contributed by atoms with Crippen molar-refractivity contribution < 1.29 is 4.79 Å². The lowest BCUT2D eigenvalue weighted by atomic mass is 10.1. The highest BCUT2D eigenvalue weighted by Gasteiger charge is 2.19. The van der Waals surface area contributed by atoms with Crippen molar-refractivity contribution in [3.63, 3.8) is 0 Å². The number of likely N-dealkylation sites (tertiary alicyclic amines) is 1. The molecule has 0 saturated carbocycles. The van der Waals surface area contributed by atoms with Crippen LogP contribution in [0.3, 0.4) is 0 Å². The highest BCUT2D eigenvalue weighted by Crippen LogP contribution is 2.22. The molecule has 1 aromatic carbocycles. The Kier molecular flexibility index (Phi) is 5.40. The second-order valence-electron chi connectivity index (χ2n) is 5.42. The van der Waals surface area contributed by atoms with Gasteiger partial charge in [0.2, 0.25) is 5.91 Å². The third kappa shape index (κ3) is 4.20. The molecular formula is C15H22ClN3O. The van der Waals surface area contributed by atoms with Crippen molar-refractivity contribution in [3.8, 4) is 0 Å². The first kappa shape index (κ1) is 15.3. The van der Waals surface area contributed by atoms with Crippen molar-refractivity contribution >= 4 is 17.5 Å². The van der Waals surface area contributed by atoms with Crippen LogP contribution >= 0.6 is 11.6 Å². The Labute approximate surface area is 125 Å². The molecule has 0 aromatic heterocycles. The summed E-state index contributed by atoms with van der Waals surface area (Å²) < 4.78 is 0. The highest BCUT2D eigenvalue weighted by atomic mass is 35.5. The number of nitrogens with one attached hydrogen (secondary N) is 1. The van der Waals surface area contributed by atoms with Crippen LogP contribution in [0.15, 0.2) is 24.3 Å². The normalized spacial score (nSPS) is 18.8. The van der Waals surface area contributed by atoms with Gasteiger partial charge in [-0.1, -0.05) is 29.8 Å². The molecule has 5 heteroatoms. The SMILES string of the molecule is C[C@@H](NC(=O)CN1CCC(N)CC1)c1ccccc1Cl. The molecule has 1 aliphatic rings. The van der Waals surface area contributed by atoms with Crippen LogP contribution in [0.25, 0.3) is 0 Å². The molecule has 110 valence electrons. The summed E-state index contributed by atoms with van der Waals surface area (Å²) in [6.45, 7) is 4.18. The molecule has 1 amide bonds. The number of nitrogens with two attached hydrogens (primary N) is 1. The van der Waals surface area contributed by atoms with Gasteiger partial charge < -0.3 is 11.1 Å². The lowest BCUT2D eigenvalue weighted by Gasteiger charge is -2.29. The zero-order chi connectivity index (χ0) is 14.5. The lowest BCUT2D eigenvalue weighted by molar-refractivity contribution is -0.123. The molecule has 1 fully saturated rings. The molecule has 0 unspecified atom stereocenters. The fourth-order valence-electron chi connectivity index (χ4n) is 2.51. The summed E-state index contributed by atoms with van der Waals surface area (Å²) in [5, 5.41) is 3.68. The smallest absolute Gasteiger partial charge is 0.234 e. The van der Waals surface area contributed by atoms with Crippen molar-refractivity contribution in [1.29, 1.82) is 0 Å². The van der Waals surface area contributed by atoms with E-state index in [0.29, 0.717) is 11.6 Å². The molecule has 0 spiro atoms. The first-order valence-electron chi connectivity index (χ1n) is 7.08. The summed E-state index contributed by atoms with van der Waals surface area (Å²) in [4.78, 5) is 14.2. The molecule has 0 radical (unpaired) electrons. The van der Waals surface area contributed by atoms with E-state index in [9.17, 15) is 4.79 Å². The molecule has 20 heavy (non-hydrogen) atoms. The van der Waals surface area contributed by atoms with Gasteiger partial charge >= 0.3 is 0 Å². The fourth-order valence-corrected chi connectivity index (χ4v) is 2.80. The Morgan fingerprint density at radius 1 is 1.45 bits per heavy atom. The van der Waals surface area contributed by atoms with E-state index in [4.69, 9.17) is 17.3 Å². The van der Waals surface area contributed by atoms with Crippen LogP contribution in [0.1, 0.15) is 31.4 Å². The maximum absolute atomic E-state index is 12.1. The summed E-state index contributed by atoms with van der Waals surface area (Å²) in [5.41, 5.74) is 6.81. The van der Waals surface area contributed by atoms with E-state index >= 15 is 0 Å². The van der Waals surface area contributed by atoms with Gasteiger partial charge in [0.1, 0.15) is 0 Å². The maximum atomic E-state index is 12.1. The topological polar surface area (TPSA) is 58.4 Å². The van der Waals surface area contributed by atoms with E-state index in [2.05, 4.69) is 10.2 Å². The van der Waals surface area contributed by atoms with E-state index in [1.807, 2.05) is 31.2 Å². The molecule has 1 saturated heterocycles. The predicted molar refractivity (Wildman–Crippen MR) is 81.7 cm³/mol. The quantitative estimate of drug-likeness (QED) is 0.892. The van der Waals surface area contributed by atoms with Crippen molar-refractivity contribution in [3.05, 3.63) is 34.9 Å². The average molecular weight is 296 g/mol. The molecule has 1 aliphatic heterocycles. The Morgan fingerprint density at radius 3 is 2.75 bits per heavy atom. The number of hydrogen-bond donors (Lipinski definition) is 2. The molecule has 3 N–H and O–H groups in total. The first-order valence-corrected chi connectivity index (χ1v) is 7.46. The molecule has 1 heterocycles. The van der Waals surface area contributed by atoms with Crippen LogP contribution in [0.4, 0.5) is 0 Å². The number of rotatable bonds is 4. The van der Waals surface area contributed by atoms with Gasteiger partial charge in [0.25, 0.3) is 0 Å². The number of piperidine rings is 1. The molecule has 1 aromatic rings. The number of halogens is 1. The van der Waals surface area contributed by atoms with Crippen LogP contribution < -0.4 is 11.1 Å². The minimum Gasteiger partial charge on any atom is -0.348 e. The van der Waals surface area contributed by atoms with E-state index in [1.165, 1.54) is 0 Å². The third-order valence-electron chi connectivity index (χ3n) is 3.75. The number of carbonyl (C=O) groups is 1. The second kappa shape index (κ2) is 7.07. The van der Waals surface area contributed by atoms with Crippen molar-refractivity contribution in [2.45, 2.75) is 31.8 Å². The Balaban J connectivity index is 1.84. The van der Waals surface area contributed by atoms with E-state index < -0.39 is 0 Å². The van der Waals surface area contributed by atoms with Crippen LogP contribution in [0, 0.1) is 0 Å². The zero-order valence-corrected chi connectivity index (χ0v) is 12.6. The zero-order valence-electron chi connectivity index (χ0n) is 11.8.